The van der Waals surface area contributed by atoms with Crippen molar-refractivity contribution < 1.29 is 0 Å². The topological polar surface area (TPSA) is 15.3 Å². The molecule has 96 valence electrons. The molecule has 1 saturated carbocycles. The van der Waals surface area contributed by atoms with E-state index in [-0.39, 0.29) is 0 Å². The van der Waals surface area contributed by atoms with Crippen LogP contribution >= 0.6 is 0 Å². The highest BCUT2D eigenvalue weighted by Gasteiger charge is 2.25. The number of hydrogen-bond acceptors (Lipinski definition) is 2. The first kappa shape index (κ1) is 14.0. The average molecular weight is 226 g/mol. The number of hydrogen-bond donors (Lipinski definition) is 1. The first-order chi connectivity index (χ1) is 7.47. The molecule has 0 spiro atoms. The summed E-state index contributed by atoms with van der Waals surface area (Å²) in [6, 6.07) is 1.55. The third-order valence-electron chi connectivity index (χ3n) is 4.29. The molecule has 1 aliphatic rings. The second-order valence-corrected chi connectivity index (χ2v) is 6.00. The normalized spacial score (nSPS) is 19.1. The molecule has 0 heterocycles. The van der Waals surface area contributed by atoms with Crippen molar-refractivity contribution in [2.75, 3.05) is 13.6 Å². The minimum absolute atomic E-state index is 0.337. The van der Waals surface area contributed by atoms with Crippen molar-refractivity contribution in [2.24, 2.45) is 0 Å². The molecule has 0 aromatic rings. The van der Waals surface area contributed by atoms with Crippen LogP contribution in [0.2, 0.25) is 0 Å². The van der Waals surface area contributed by atoms with Crippen LogP contribution in [-0.4, -0.2) is 36.1 Å². The molecule has 2 heteroatoms. The zero-order valence-electron chi connectivity index (χ0n) is 11.8. The lowest BCUT2D eigenvalue weighted by atomic mass is 9.97. The Hall–Kier alpha value is -0.0800. The summed E-state index contributed by atoms with van der Waals surface area (Å²) in [7, 11) is 2.27. The van der Waals surface area contributed by atoms with Crippen LogP contribution in [0.3, 0.4) is 0 Å². The van der Waals surface area contributed by atoms with Gasteiger partial charge < -0.3 is 5.32 Å². The van der Waals surface area contributed by atoms with Crippen molar-refractivity contribution in [3.05, 3.63) is 0 Å². The minimum Gasteiger partial charge on any atom is -0.314 e. The van der Waals surface area contributed by atoms with E-state index in [1.807, 2.05) is 0 Å². The van der Waals surface area contributed by atoms with Gasteiger partial charge in [-0.3, -0.25) is 4.90 Å². The Morgan fingerprint density at radius 3 is 2.50 bits per heavy atom. The van der Waals surface area contributed by atoms with Crippen LogP contribution < -0.4 is 5.32 Å². The fourth-order valence-electron chi connectivity index (χ4n) is 2.03. The van der Waals surface area contributed by atoms with Crippen LogP contribution in [0.15, 0.2) is 0 Å². The zero-order valence-corrected chi connectivity index (χ0v) is 11.8. The van der Waals surface area contributed by atoms with Gasteiger partial charge in [-0.25, -0.2) is 0 Å². The van der Waals surface area contributed by atoms with E-state index in [2.05, 4.69) is 45.0 Å². The van der Waals surface area contributed by atoms with Gasteiger partial charge in [-0.05, 0) is 66.5 Å². The Morgan fingerprint density at radius 1 is 1.38 bits per heavy atom. The lowest BCUT2D eigenvalue weighted by molar-refractivity contribution is 0.0998. The van der Waals surface area contributed by atoms with E-state index in [1.165, 1.54) is 38.6 Å². The van der Waals surface area contributed by atoms with Gasteiger partial charge in [-0.1, -0.05) is 6.92 Å². The monoisotopic (exact) mass is 226 g/mol. The number of nitrogens with zero attached hydrogens (tertiary/aromatic N) is 1. The highest BCUT2D eigenvalue weighted by Crippen LogP contribution is 2.21. The first-order valence-electron chi connectivity index (χ1n) is 6.93. The molecule has 1 unspecified atom stereocenters. The molecule has 0 saturated heterocycles. The van der Waals surface area contributed by atoms with E-state index in [1.54, 1.807) is 0 Å². The van der Waals surface area contributed by atoms with E-state index in [0.717, 1.165) is 6.04 Å². The van der Waals surface area contributed by atoms with Crippen molar-refractivity contribution in [3.8, 4) is 0 Å². The predicted molar refractivity (Wildman–Crippen MR) is 71.9 cm³/mol. The second-order valence-electron chi connectivity index (χ2n) is 6.00. The number of nitrogens with one attached hydrogen (secondary N) is 1. The summed E-state index contributed by atoms with van der Waals surface area (Å²) in [5.41, 5.74) is 0.337. The predicted octanol–water partition coefficient (Wildman–Crippen LogP) is 3.03. The molecule has 0 aromatic heterocycles. The maximum atomic E-state index is 3.59. The summed E-state index contributed by atoms with van der Waals surface area (Å²) in [5, 5.41) is 3.59. The third-order valence-corrected chi connectivity index (χ3v) is 4.29. The van der Waals surface area contributed by atoms with Gasteiger partial charge in [-0.2, -0.15) is 0 Å². The fourth-order valence-corrected chi connectivity index (χ4v) is 2.03. The van der Waals surface area contributed by atoms with Crippen molar-refractivity contribution >= 4 is 0 Å². The molecule has 0 radical (unpaired) electrons. The van der Waals surface area contributed by atoms with Gasteiger partial charge in [0.1, 0.15) is 0 Å². The molecule has 1 aliphatic carbocycles. The van der Waals surface area contributed by atoms with Crippen molar-refractivity contribution in [3.63, 3.8) is 0 Å². The molecule has 0 aromatic carbocycles. The van der Waals surface area contributed by atoms with Crippen LogP contribution in [-0.2, 0) is 0 Å². The van der Waals surface area contributed by atoms with Gasteiger partial charge in [0.25, 0.3) is 0 Å². The van der Waals surface area contributed by atoms with E-state index >= 15 is 0 Å². The van der Waals surface area contributed by atoms with Gasteiger partial charge in [0, 0.05) is 17.6 Å². The summed E-state index contributed by atoms with van der Waals surface area (Å²) in [6.45, 7) is 10.5. The van der Waals surface area contributed by atoms with E-state index in [4.69, 9.17) is 0 Å². The van der Waals surface area contributed by atoms with Crippen molar-refractivity contribution in [1.29, 1.82) is 0 Å². The van der Waals surface area contributed by atoms with Crippen LogP contribution in [0.25, 0.3) is 0 Å². The smallest absolute Gasteiger partial charge is 0.0150 e. The summed E-state index contributed by atoms with van der Waals surface area (Å²) >= 11 is 0. The van der Waals surface area contributed by atoms with E-state index < -0.39 is 0 Å². The van der Waals surface area contributed by atoms with Crippen LogP contribution in [0.5, 0.6) is 0 Å². The maximum absolute atomic E-state index is 3.59. The molecule has 1 fully saturated rings. The quantitative estimate of drug-likeness (QED) is 0.640. The molecular formula is C14H30N2. The molecule has 2 nitrogen and oxygen atoms in total. The molecule has 16 heavy (non-hydrogen) atoms. The summed E-state index contributed by atoms with van der Waals surface area (Å²) in [4.78, 5) is 2.53. The maximum Gasteiger partial charge on any atom is 0.0150 e. The molecule has 1 rings (SSSR count). The van der Waals surface area contributed by atoms with Gasteiger partial charge in [0.2, 0.25) is 0 Å². The van der Waals surface area contributed by atoms with Gasteiger partial charge in [-0.15, -0.1) is 0 Å². The molecule has 0 bridgehead atoms. The zero-order chi connectivity index (χ0) is 12.2. The SMILES string of the molecule is CCC(C)(C)N(C)C(C)CCCNC1CC1. The minimum atomic E-state index is 0.337. The van der Waals surface area contributed by atoms with Gasteiger partial charge in [0.15, 0.2) is 0 Å². The second kappa shape index (κ2) is 6.02. The Kier molecular flexibility index (Phi) is 5.26. The third kappa shape index (κ3) is 4.42. The first-order valence-corrected chi connectivity index (χ1v) is 6.93. The van der Waals surface area contributed by atoms with Gasteiger partial charge >= 0.3 is 0 Å². The Bertz CT molecular complexity index is 197. The van der Waals surface area contributed by atoms with Crippen LogP contribution in [0, 0.1) is 0 Å². The summed E-state index contributed by atoms with van der Waals surface area (Å²) < 4.78 is 0. The van der Waals surface area contributed by atoms with Crippen molar-refractivity contribution in [1.82, 2.24) is 10.2 Å². The lowest BCUT2D eigenvalue weighted by Crippen LogP contribution is -2.45. The fraction of sp³-hybridized carbons (Fsp3) is 1.00. The van der Waals surface area contributed by atoms with E-state index in [0.29, 0.717) is 11.6 Å². The summed E-state index contributed by atoms with van der Waals surface area (Å²) in [5.74, 6) is 0. The number of rotatable bonds is 8. The molecular weight excluding hydrogens is 196 g/mol. The van der Waals surface area contributed by atoms with E-state index in [9.17, 15) is 0 Å². The Labute approximate surface area is 102 Å². The Balaban J connectivity index is 2.14. The van der Waals surface area contributed by atoms with Crippen LogP contribution in [0.1, 0.15) is 59.8 Å². The molecule has 1 atom stereocenters. The highest BCUT2D eigenvalue weighted by atomic mass is 15.2. The lowest BCUT2D eigenvalue weighted by Gasteiger charge is -2.39. The van der Waals surface area contributed by atoms with Gasteiger partial charge in [0.05, 0.1) is 0 Å². The molecule has 0 amide bonds. The molecule has 0 aliphatic heterocycles. The molecule has 1 N–H and O–H groups in total. The van der Waals surface area contributed by atoms with Crippen LogP contribution in [0.4, 0.5) is 0 Å². The summed E-state index contributed by atoms with van der Waals surface area (Å²) in [6.07, 6.45) is 6.63. The average Bonchev–Trinajstić information content (AvgIpc) is 3.06. The highest BCUT2D eigenvalue weighted by molar-refractivity contribution is 4.83. The van der Waals surface area contributed by atoms with Crippen molar-refractivity contribution in [2.45, 2.75) is 77.4 Å². The standard InChI is InChI=1S/C14H30N2/c1-6-14(3,4)16(5)12(2)8-7-11-15-13-9-10-13/h12-13,15H,6-11H2,1-5H3. The Morgan fingerprint density at radius 2 is 2.00 bits per heavy atom. The largest absolute Gasteiger partial charge is 0.314 e.